The Morgan fingerprint density at radius 3 is 2.63 bits per heavy atom. The maximum Gasteiger partial charge on any atom is 0.219 e. The Kier molecular flexibility index (Phi) is 6.15. The van der Waals surface area contributed by atoms with Gasteiger partial charge in [0.2, 0.25) is 5.91 Å². The highest BCUT2D eigenvalue weighted by molar-refractivity contribution is 5.75. The molecule has 0 saturated carbocycles. The number of primary amides is 1. The average Bonchev–Trinajstić information content (AvgIpc) is 2.41. The molecule has 1 amide bonds. The molecule has 1 atom stereocenters. The molecular weight excluding hydrogens is 244 g/mol. The molecule has 1 rings (SSSR count). The van der Waals surface area contributed by atoms with E-state index in [4.69, 9.17) is 15.2 Å². The second-order valence-corrected chi connectivity index (χ2v) is 4.26. The van der Waals surface area contributed by atoms with Crippen molar-refractivity contribution in [3.8, 4) is 11.5 Å². The van der Waals surface area contributed by atoms with Crippen molar-refractivity contribution in [3.05, 3.63) is 23.8 Å². The molecule has 0 heterocycles. The zero-order valence-electron chi connectivity index (χ0n) is 11.7. The van der Waals surface area contributed by atoms with Gasteiger partial charge in [0.05, 0.1) is 14.2 Å². The third-order valence-electron chi connectivity index (χ3n) is 2.85. The lowest BCUT2D eigenvalue weighted by Crippen LogP contribution is -2.27. The maximum atomic E-state index is 11.2. The van der Waals surface area contributed by atoms with Crippen molar-refractivity contribution in [1.82, 2.24) is 5.32 Å². The fourth-order valence-electron chi connectivity index (χ4n) is 2.00. The highest BCUT2D eigenvalue weighted by Crippen LogP contribution is 2.35. The molecule has 106 valence electrons. The number of carbonyl (C=O) groups is 1. The summed E-state index contributed by atoms with van der Waals surface area (Å²) < 4.78 is 10.7. The van der Waals surface area contributed by atoms with E-state index in [9.17, 15) is 4.79 Å². The van der Waals surface area contributed by atoms with Gasteiger partial charge in [0.25, 0.3) is 0 Å². The number of hydrogen-bond donors (Lipinski definition) is 2. The van der Waals surface area contributed by atoms with Crippen LogP contribution in [-0.2, 0) is 4.79 Å². The zero-order valence-corrected chi connectivity index (χ0v) is 11.7. The third-order valence-corrected chi connectivity index (χ3v) is 2.85. The summed E-state index contributed by atoms with van der Waals surface area (Å²) in [5, 5.41) is 3.31. The molecule has 5 nitrogen and oxygen atoms in total. The summed E-state index contributed by atoms with van der Waals surface area (Å²) in [6.45, 7) is 2.87. The molecule has 0 radical (unpaired) electrons. The first-order chi connectivity index (χ1) is 9.13. The standard InChI is InChI=1S/C14H22N2O3/c1-4-8-16-11(9-13(15)17)10-6-5-7-12(18-2)14(10)19-3/h5-7,11,16H,4,8-9H2,1-3H3,(H2,15,17). The minimum atomic E-state index is -0.349. The predicted molar refractivity (Wildman–Crippen MR) is 74.4 cm³/mol. The lowest BCUT2D eigenvalue weighted by Gasteiger charge is -2.21. The number of amides is 1. The number of nitrogens with two attached hydrogens (primary N) is 1. The Labute approximate surface area is 114 Å². The summed E-state index contributed by atoms with van der Waals surface area (Å²) in [4.78, 5) is 11.2. The van der Waals surface area contributed by atoms with Gasteiger partial charge >= 0.3 is 0 Å². The number of nitrogens with one attached hydrogen (secondary N) is 1. The minimum Gasteiger partial charge on any atom is -0.493 e. The van der Waals surface area contributed by atoms with Crippen LogP contribution < -0.4 is 20.5 Å². The van der Waals surface area contributed by atoms with Crippen molar-refractivity contribution in [2.75, 3.05) is 20.8 Å². The van der Waals surface area contributed by atoms with Crippen molar-refractivity contribution in [1.29, 1.82) is 0 Å². The first-order valence-electron chi connectivity index (χ1n) is 6.36. The maximum absolute atomic E-state index is 11.2. The number of para-hydroxylation sites is 1. The van der Waals surface area contributed by atoms with E-state index in [1.165, 1.54) is 0 Å². The molecule has 0 aliphatic rings. The van der Waals surface area contributed by atoms with E-state index < -0.39 is 0 Å². The first kappa shape index (κ1) is 15.3. The average molecular weight is 266 g/mol. The van der Waals surface area contributed by atoms with Gasteiger partial charge in [-0.25, -0.2) is 0 Å². The van der Waals surface area contributed by atoms with E-state index in [1.54, 1.807) is 14.2 Å². The van der Waals surface area contributed by atoms with E-state index in [2.05, 4.69) is 12.2 Å². The van der Waals surface area contributed by atoms with Crippen LogP contribution in [0.3, 0.4) is 0 Å². The first-order valence-corrected chi connectivity index (χ1v) is 6.36. The van der Waals surface area contributed by atoms with Crippen molar-refractivity contribution in [2.24, 2.45) is 5.73 Å². The van der Waals surface area contributed by atoms with Crippen LogP contribution in [0.1, 0.15) is 31.4 Å². The Balaban J connectivity index is 3.09. The van der Waals surface area contributed by atoms with E-state index in [0.29, 0.717) is 11.5 Å². The molecule has 1 aromatic rings. The number of hydrogen-bond acceptors (Lipinski definition) is 4. The summed E-state index contributed by atoms with van der Waals surface area (Å²) >= 11 is 0. The van der Waals surface area contributed by atoms with Gasteiger partial charge in [-0.3, -0.25) is 4.79 Å². The van der Waals surface area contributed by atoms with E-state index in [-0.39, 0.29) is 18.4 Å². The molecule has 0 spiro atoms. The highest BCUT2D eigenvalue weighted by atomic mass is 16.5. The molecule has 0 fully saturated rings. The largest absolute Gasteiger partial charge is 0.493 e. The summed E-state index contributed by atoms with van der Waals surface area (Å²) in [7, 11) is 3.17. The molecule has 0 bridgehead atoms. The lowest BCUT2D eigenvalue weighted by atomic mass is 10.0. The molecule has 19 heavy (non-hydrogen) atoms. The molecule has 3 N–H and O–H groups in total. The molecule has 0 aromatic heterocycles. The van der Waals surface area contributed by atoms with Gasteiger partial charge in [0.1, 0.15) is 0 Å². The van der Waals surface area contributed by atoms with Gasteiger partial charge in [-0.2, -0.15) is 0 Å². The Hall–Kier alpha value is -1.75. The van der Waals surface area contributed by atoms with Crippen LogP contribution in [0, 0.1) is 0 Å². The summed E-state index contributed by atoms with van der Waals surface area (Å²) in [5.41, 5.74) is 6.20. The van der Waals surface area contributed by atoms with Crippen molar-refractivity contribution < 1.29 is 14.3 Å². The third kappa shape index (κ3) is 4.13. The molecule has 5 heteroatoms. The van der Waals surface area contributed by atoms with Crippen molar-refractivity contribution >= 4 is 5.91 Å². The Bertz CT molecular complexity index is 421. The van der Waals surface area contributed by atoms with Crippen LogP contribution in [0.2, 0.25) is 0 Å². The quantitative estimate of drug-likeness (QED) is 0.750. The van der Waals surface area contributed by atoms with Crippen LogP contribution in [-0.4, -0.2) is 26.7 Å². The van der Waals surface area contributed by atoms with Gasteiger partial charge in [0, 0.05) is 18.0 Å². The van der Waals surface area contributed by atoms with Gasteiger partial charge in [-0.05, 0) is 19.0 Å². The number of benzene rings is 1. The monoisotopic (exact) mass is 266 g/mol. The van der Waals surface area contributed by atoms with Crippen molar-refractivity contribution in [2.45, 2.75) is 25.8 Å². The van der Waals surface area contributed by atoms with Crippen LogP contribution in [0.4, 0.5) is 0 Å². The number of carbonyl (C=O) groups excluding carboxylic acids is 1. The topological polar surface area (TPSA) is 73.6 Å². The summed E-state index contributed by atoms with van der Waals surface area (Å²) in [6, 6.07) is 5.45. The Morgan fingerprint density at radius 2 is 2.11 bits per heavy atom. The molecule has 0 aliphatic carbocycles. The smallest absolute Gasteiger partial charge is 0.219 e. The SMILES string of the molecule is CCCNC(CC(N)=O)c1cccc(OC)c1OC. The van der Waals surface area contributed by atoms with E-state index in [0.717, 1.165) is 18.5 Å². The molecule has 0 saturated heterocycles. The summed E-state index contributed by atoms with van der Waals surface area (Å²) in [5.74, 6) is 0.936. The van der Waals surface area contributed by atoms with Crippen molar-refractivity contribution in [3.63, 3.8) is 0 Å². The van der Waals surface area contributed by atoms with Gasteiger partial charge in [-0.15, -0.1) is 0 Å². The second-order valence-electron chi connectivity index (χ2n) is 4.26. The molecule has 0 aliphatic heterocycles. The predicted octanol–water partition coefficient (Wildman–Crippen LogP) is 1.62. The van der Waals surface area contributed by atoms with Crippen LogP contribution in [0.15, 0.2) is 18.2 Å². The van der Waals surface area contributed by atoms with Gasteiger partial charge in [-0.1, -0.05) is 19.1 Å². The number of ether oxygens (including phenoxy) is 2. The van der Waals surface area contributed by atoms with E-state index >= 15 is 0 Å². The number of rotatable bonds is 8. The molecular formula is C14H22N2O3. The normalized spacial score (nSPS) is 11.9. The number of methoxy groups -OCH3 is 2. The Morgan fingerprint density at radius 1 is 1.37 bits per heavy atom. The highest BCUT2D eigenvalue weighted by Gasteiger charge is 2.20. The summed E-state index contributed by atoms with van der Waals surface area (Å²) in [6.07, 6.45) is 1.20. The van der Waals surface area contributed by atoms with Crippen LogP contribution >= 0.6 is 0 Å². The molecule has 1 aromatic carbocycles. The fraction of sp³-hybridized carbons (Fsp3) is 0.500. The fourth-order valence-corrected chi connectivity index (χ4v) is 2.00. The van der Waals surface area contributed by atoms with E-state index in [1.807, 2.05) is 18.2 Å². The van der Waals surface area contributed by atoms with Crippen LogP contribution in [0.5, 0.6) is 11.5 Å². The minimum absolute atomic E-state index is 0.164. The molecule has 1 unspecified atom stereocenters. The van der Waals surface area contributed by atoms with Gasteiger partial charge in [0.15, 0.2) is 11.5 Å². The lowest BCUT2D eigenvalue weighted by molar-refractivity contribution is -0.118. The van der Waals surface area contributed by atoms with Gasteiger partial charge < -0.3 is 20.5 Å². The zero-order chi connectivity index (χ0) is 14.3. The van der Waals surface area contributed by atoms with Crippen LogP contribution in [0.25, 0.3) is 0 Å². The second kappa shape index (κ2) is 7.63.